The molecule has 0 radical (unpaired) electrons. The Labute approximate surface area is 145 Å². The smallest absolute Gasteiger partial charge is 0.303 e. The molecule has 1 atom stereocenters. The number of aliphatic imine (C=N–C) groups is 1. The highest BCUT2D eigenvalue weighted by molar-refractivity contribution is 8.15. The van der Waals surface area contributed by atoms with Crippen molar-refractivity contribution >= 4 is 34.5 Å². The first-order valence-corrected chi connectivity index (χ1v) is 8.97. The first kappa shape index (κ1) is 18.3. The summed E-state index contributed by atoms with van der Waals surface area (Å²) in [5, 5.41) is 11.9. The van der Waals surface area contributed by atoms with Crippen molar-refractivity contribution in [2.24, 2.45) is 4.99 Å². The lowest BCUT2D eigenvalue weighted by Gasteiger charge is -2.04. The number of carbonyl (C=O) groups is 2. The van der Waals surface area contributed by atoms with Gasteiger partial charge in [-0.1, -0.05) is 24.6 Å². The van der Waals surface area contributed by atoms with Crippen molar-refractivity contribution in [2.45, 2.75) is 44.3 Å². The van der Waals surface area contributed by atoms with Gasteiger partial charge in [0.2, 0.25) is 5.91 Å². The summed E-state index contributed by atoms with van der Waals surface area (Å²) >= 11 is 1.43. The van der Waals surface area contributed by atoms with Crippen molar-refractivity contribution in [1.82, 2.24) is 5.32 Å². The predicted molar refractivity (Wildman–Crippen MR) is 94.9 cm³/mol. The average Bonchev–Trinajstić information content (AvgIpc) is 2.88. The zero-order valence-electron chi connectivity index (χ0n) is 13.7. The van der Waals surface area contributed by atoms with Crippen molar-refractivity contribution in [2.75, 3.05) is 6.61 Å². The van der Waals surface area contributed by atoms with Crippen molar-refractivity contribution in [3.8, 4) is 5.75 Å². The quantitative estimate of drug-likeness (QED) is 0.667. The molecule has 0 bridgehead atoms. The van der Waals surface area contributed by atoms with E-state index in [-0.39, 0.29) is 17.6 Å². The molecule has 130 valence electrons. The third-order valence-electron chi connectivity index (χ3n) is 3.51. The van der Waals surface area contributed by atoms with Gasteiger partial charge in [0.25, 0.3) is 0 Å². The molecular formula is C17H22N2O4S. The van der Waals surface area contributed by atoms with Crippen LogP contribution in [-0.2, 0) is 9.59 Å². The highest BCUT2D eigenvalue weighted by Gasteiger charge is 2.29. The Morgan fingerprint density at radius 2 is 2.04 bits per heavy atom. The van der Waals surface area contributed by atoms with Crippen molar-refractivity contribution in [3.63, 3.8) is 0 Å². The number of amides is 1. The number of nitrogens with one attached hydrogen (secondary N) is 1. The Bertz CT molecular complexity index is 601. The molecule has 1 amide bonds. The lowest BCUT2D eigenvalue weighted by atomic mass is 10.1. The van der Waals surface area contributed by atoms with Crippen LogP contribution in [-0.4, -0.2) is 34.0 Å². The number of hydrogen-bond acceptors (Lipinski definition) is 5. The van der Waals surface area contributed by atoms with Crippen LogP contribution in [0.3, 0.4) is 0 Å². The molecule has 1 aromatic carbocycles. The number of benzene rings is 1. The van der Waals surface area contributed by atoms with Gasteiger partial charge in [-0.05, 0) is 44.0 Å². The fourth-order valence-corrected chi connectivity index (χ4v) is 3.37. The number of carboxylic acids is 1. The van der Waals surface area contributed by atoms with E-state index in [1.807, 2.05) is 31.2 Å². The molecule has 0 saturated carbocycles. The second-order valence-corrected chi connectivity index (χ2v) is 6.62. The lowest BCUT2D eigenvalue weighted by molar-refractivity contribution is -0.137. The second kappa shape index (κ2) is 9.32. The van der Waals surface area contributed by atoms with Gasteiger partial charge in [-0.3, -0.25) is 9.59 Å². The zero-order chi connectivity index (χ0) is 17.4. The summed E-state index contributed by atoms with van der Waals surface area (Å²) in [5.41, 5.74) is 0.767. The Hall–Kier alpha value is -2.02. The van der Waals surface area contributed by atoms with Gasteiger partial charge in [0.1, 0.15) is 5.75 Å². The SMILES string of the molecule is CCOc1ccc(N=C2NC(=O)C(CCCCCC(=O)O)S2)cc1. The molecule has 0 aliphatic carbocycles. The van der Waals surface area contributed by atoms with E-state index in [0.717, 1.165) is 30.7 Å². The van der Waals surface area contributed by atoms with Crippen LogP contribution >= 0.6 is 11.8 Å². The number of carbonyl (C=O) groups excluding carboxylic acids is 1. The molecule has 7 heteroatoms. The third kappa shape index (κ3) is 5.88. The summed E-state index contributed by atoms with van der Waals surface area (Å²) in [6.45, 7) is 2.55. The van der Waals surface area contributed by atoms with Crippen LogP contribution in [0, 0.1) is 0 Å². The summed E-state index contributed by atoms with van der Waals surface area (Å²) in [5.74, 6) is -0.000483. The number of ether oxygens (including phenoxy) is 1. The summed E-state index contributed by atoms with van der Waals surface area (Å²) in [6.07, 6.45) is 3.24. The Balaban J connectivity index is 1.81. The number of unbranched alkanes of at least 4 members (excludes halogenated alkanes) is 2. The van der Waals surface area contributed by atoms with Gasteiger partial charge in [0.15, 0.2) is 5.17 Å². The number of rotatable bonds is 9. The van der Waals surface area contributed by atoms with Gasteiger partial charge in [0.05, 0.1) is 17.5 Å². The standard InChI is InChI=1S/C17H22N2O4S/c1-2-23-13-10-8-12(9-11-13)18-17-19-16(22)14(24-17)6-4-3-5-7-15(20)21/h8-11,14H,2-7H2,1H3,(H,20,21)(H,18,19,22). The van der Waals surface area contributed by atoms with Crippen LogP contribution in [0.2, 0.25) is 0 Å². The van der Waals surface area contributed by atoms with Crippen molar-refractivity contribution < 1.29 is 19.4 Å². The summed E-state index contributed by atoms with van der Waals surface area (Å²) in [4.78, 5) is 26.9. The van der Waals surface area contributed by atoms with Gasteiger partial charge >= 0.3 is 5.97 Å². The molecule has 0 aromatic heterocycles. The first-order chi connectivity index (χ1) is 11.6. The fraction of sp³-hybridized carbons (Fsp3) is 0.471. The highest BCUT2D eigenvalue weighted by atomic mass is 32.2. The zero-order valence-corrected chi connectivity index (χ0v) is 14.5. The Morgan fingerprint density at radius 1 is 1.29 bits per heavy atom. The van der Waals surface area contributed by atoms with E-state index in [2.05, 4.69) is 10.3 Å². The highest BCUT2D eigenvalue weighted by Crippen LogP contribution is 2.27. The number of aliphatic carboxylic acids is 1. The number of amidine groups is 1. The molecule has 0 spiro atoms. The van der Waals surface area contributed by atoms with Crippen LogP contribution in [0.15, 0.2) is 29.3 Å². The molecular weight excluding hydrogens is 328 g/mol. The topological polar surface area (TPSA) is 88.0 Å². The van der Waals surface area contributed by atoms with Gasteiger partial charge < -0.3 is 15.2 Å². The van der Waals surface area contributed by atoms with Crippen LogP contribution in [0.1, 0.15) is 39.0 Å². The monoisotopic (exact) mass is 350 g/mol. The number of thioether (sulfide) groups is 1. The van der Waals surface area contributed by atoms with Gasteiger partial charge in [-0.15, -0.1) is 0 Å². The normalized spacial score (nSPS) is 18.6. The van der Waals surface area contributed by atoms with Gasteiger partial charge in [-0.2, -0.15) is 0 Å². The molecule has 24 heavy (non-hydrogen) atoms. The summed E-state index contributed by atoms with van der Waals surface area (Å²) in [7, 11) is 0. The molecule has 1 saturated heterocycles. The molecule has 1 aliphatic heterocycles. The van der Waals surface area contributed by atoms with E-state index in [1.54, 1.807) is 0 Å². The summed E-state index contributed by atoms with van der Waals surface area (Å²) < 4.78 is 5.38. The van der Waals surface area contributed by atoms with Gasteiger partial charge in [-0.25, -0.2) is 4.99 Å². The number of carboxylic acid groups (broad SMARTS) is 1. The van der Waals surface area contributed by atoms with E-state index < -0.39 is 5.97 Å². The average molecular weight is 350 g/mol. The molecule has 1 heterocycles. The molecule has 2 N–H and O–H groups in total. The van der Waals surface area contributed by atoms with Crippen LogP contribution < -0.4 is 10.1 Å². The molecule has 1 aromatic rings. The first-order valence-electron chi connectivity index (χ1n) is 8.09. The molecule has 1 fully saturated rings. The maximum atomic E-state index is 12.0. The number of hydrogen-bond donors (Lipinski definition) is 2. The third-order valence-corrected chi connectivity index (χ3v) is 4.66. The van der Waals surface area contributed by atoms with Crippen molar-refractivity contribution in [1.29, 1.82) is 0 Å². The van der Waals surface area contributed by atoms with E-state index >= 15 is 0 Å². The molecule has 2 rings (SSSR count). The molecule has 1 unspecified atom stereocenters. The lowest BCUT2D eigenvalue weighted by Crippen LogP contribution is -2.24. The maximum Gasteiger partial charge on any atom is 0.303 e. The molecule has 1 aliphatic rings. The largest absolute Gasteiger partial charge is 0.494 e. The fourth-order valence-electron chi connectivity index (χ4n) is 2.33. The summed E-state index contributed by atoms with van der Waals surface area (Å²) in [6, 6.07) is 7.41. The van der Waals surface area contributed by atoms with E-state index in [4.69, 9.17) is 9.84 Å². The second-order valence-electron chi connectivity index (χ2n) is 5.43. The van der Waals surface area contributed by atoms with Crippen LogP contribution in [0.5, 0.6) is 5.75 Å². The van der Waals surface area contributed by atoms with E-state index in [9.17, 15) is 9.59 Å². The minimum Gasteiger partial charge on any atom is -0.494 e. The minimum absolute atomic E-state index is 0.0251. The molecule has 6 nitrogen and oxygen atoms in total. The van der Waals surface area contributed by atoms with E-state index in [0.29, 0.717) is 18.2 Å². The Kier molecular flexibility index (Phi) is 7.11. The van der Waals surface area contributed by atoms with Gasteiger partial charge in [0, 0.05) is 6.42 Å². The Morgan fingerprint density at radius 3 is 2.71 bits per heavy atom. The van der Waals surface area contributed by atoms with Crippen LogP contribution in [0.25, 0.3) is 0 Å². The number of nitrogens with zero attached hydrogens (tertiary/aromatic N) is 1. The predicted octanol–water partition coefficient (Wildman–Crippen LogP) is 3.34. The van der Waals surface area contributed by atoms with Crippen molar-refractivity contribution in [3.05, 3.63) is 24.3 Å². The van der Waals surface area contributed by atoms with Crippen LogP contribution in [0.4, 0.5) is 5.69 Å². The van der Waals surface area contributed by atoms with E-state index in [1.165, 1.54) is 11.8 Å². The maximum absolute atomic E-state index is 12.0. The minimum atomic E-state index is -0.771.